The topological polar surface area (TPSA) is 20.3 Å². The number of hydrogen-bond acceptors (Lipinski definition) is 2. The van der Waals surface area contributed by atoms with Crippen molar-refractivity contribution in [3.8, 4) is 0 Å². The maximum absolute atomic E-state index is 11.9. The molecule has 1 unspecified atom stereocenters. The van der Waals surface area contributed by atoms with Crippen LogP contribution in [0.5, 0.6) is 0 Å². The molecular formula is C13H14BrNO. The van der Waals surface area contributed by atoms with Crippen molar-refractivity contribution in [1.82, 2.24) is 4.90 Å². The first-order valence-electron chi connectivity index (χ1n) is 5.79. The number of carbonyl (C=O) groups excluding carboxylic acids is 1. The Morgan fingerprint density at radius 3 is 2.50 bits per heavy atom. The summed E-state index contributed by atoms with van der Waals surface area (Å²) >= 11 is 3.43. The highest BCUT2D eigenvalue weighted by Crippen LogP contribution is 2.39. The SMILES string of the molecule is O=C1CCN(C2CC2)C1c1ccc(Br)cc1. The van der Waals surface area contributed by atoms with E-state index in [9.17, 15) is 4.79 Å². The Balaban J connectivity index is 1.90. The number of ketones is 1. The van der Waals surface area contributed by atoms with Crippen molar-refractivity contribution < 1.29 is 4.79 Å². The van der Waals surface area contributed by atoms with Crippen molar-refractivity contribution >= 4 is 21.7 Å². The predicted octanol–water partition coefficient (Wildman–Crippen LogP) is 2.93. The van der Waals surface area contributed by atoms with Gasteiger partial charge in [-0.3, -0.25) is 9.69 Å². The molecule has 0 N–H and O–H groups in total. The smallest absolute Gasteiger partial charge is 0.155 e. The van der Waals surface area contributed by atoms with Crippen molar-refractivity contribution in [2.75, 3.05) is 6.54 Å². The standard InChI is InChI=1S/C13H14BrNO/c14-10-3-1-9(2-4-10)13-12(16)7-8-15(13)11-5-6-11/h1-4,11,13H,5-8H2. The van der Waals surface area contributed by atoms with Gasteiger partial charge in [0, 0.05) is 23.5 Å². The Morgan fingerprint density at radius 1 is 1.19 bits per heavy atom. The number of rotatable bonds is 2. The third-order valence-corrected chi connectivity index (χ3v) is 3.98. The van der Waals surface area contributed by atoms with Crippen LogP contribution < -0.4 is 0 Å². The number of hydrogen-bond donors (Lipinski definition) is 0. The van der Waals surface area contributed by atoms with E-state index in [1.807, 2.05) is 12.1 Å². The normalized spacial score (nSPS) is 26.3. The quantitative estimate of drug-likeness (QED) is 0.830. The van der Waals surface area contributed by atoms with E-state index < -0.39 is 0 Å². The molecule has 3 heteroatoms. The number of halogens is 1. The number of likely N-dealkylation sites (tertiary alicyclic amines) is 1. The van der Waals surface area contributed by atoms with Gasteiger partial charge in [-0.25, -0.2) is 0 Å². The van der Waals surface area contributed by atoms with Crippen LogP contribution in [0, 0.1) is 0 Å². The summed E-state index contributed by atoms with van der Waals surface area (Å²) in [4.78, 5) is 14.3. The third kappa shape index (κ3) is 1.82. The van der Waals surface area contributed by atoms with E-state index >= 15 is 0 Å². The summed E-state index contributed by atoms with van der Waals surface area (Å²) in [6, 6.07) is 8.86. The maximum Gasteiger partial charge on any atom is 0.155 e. The second-order valence-electron chi connectivity index (χ2n) is 4.64. The van der Waals surface area contributed by atoms with Crippen LogP contribution in [0.25, 0.3) is 0 Å². The summed E-state index contributed by atoms with van der Waals surface area (Å²) < 4.78 is 1.07. The molecule has 1 aliphatic heterocycles. The zero-order chi connectivity index (χ0) is 11.1. The Hall–Kier alpha value is -0.670. The molecule has 0 spiro atoms. The summed E-state index contributed by atoms with van der Waals surface area (Å²) in [5.74, 6) is 0.384. The second kappa shape index (κ2) is 3.97. The summed E-state index contributed by atoms with van der Waals surface area (Å²) in [5.41, 5.74) is 1.15. The van der Waals surface area contributed by atoms with Gasteiger partial charge in [0.1, 0.15) is 0 Å². The van der Waals surface area contributed by atoms with E-state index in [-0.39, 0.29) is 6.04 Å². The fourth-order valence-corrected chi connectivity index (χ4v) is 2.78. The van der Waals surface area contributed by atoms with Crippen LogP contribution in [0.3, 0.4) is 0 Å². The van der Waals surface area contributed by atoms with E-state index in [1.165, 1.54) is 12.8 Å². The Kier molecular flexibility index (Phi) is 2.60. The molecule has 1 aliphatic carbocycles. The summed E-state index contributed by atoms with van der Waals surface area (Å²) in [6.45, 7) is 0.949. The van der Waals surface area contributed by atoms with E-state index in [2.05, 4.69) is 33.0 Å². The molecule has 2 aliphatic rings. The summed E-state index contributed by atoms with van der Waals surface area (Å²) in [7, 11) is 0. The molecule has 1 aromatic carbocycles. The van der Waals surface area contributed by atoms with E-state index in [0.29, 0.717) is 11.8 Å². The van der Waals surface area contributed by atoms with E-state index in [0.717, 1.165) is 23.0 Å². The molecule has 84 valence electrons. The highest BCUT2D eigenvalue weighted by atomic mass is 79.9. The first-order valence-corrected chi connectivity index (χ1v) is 6.59. The largest absolute Gasteiger partial charge is 0.297 e. The molecule has 1 aromatic rings. The first kappa shape index (κ1) is 10.5. The minimum absolute atomic E-state index is 0.0283. The lowest BCUT2D eigenvalue weighted by molar-refractivity contribution is -0.120. The molecule has 1 saturated heterocycles. The fraction of sp³-hybridized carbons (Fsp3) is 0.462. The molecule has 1 heterocycles. The van der Waals surface area contributed by atoms with Crippen molar-refractivity contribution in [1.29, 1.82) is 0 Å². The van der Waals surface area contributed by atoms with Crippen LogP contribution in [-0.2, 0) is 4.79 Å². The molecular weight excluding hydrogens is 266 g/mol. The number of nitrogens with zero attached hydrogens (tertiary/aromatic N) is 1. The molecule has 0 radical (unpaired) electrons. The van der Waals surface area contributed by atoms with Crippen LogP contribution >= 0.6 is 15.9 Å². The molecule has 16 heavy (non-hydrogen) atoms. The third-order valence-electron chi connectivity index (χ3n) is 3.45. The van der Waals surface area contributed by atoms with Crippen LogP contribution in [0.1, 0.15) is 30.9 Å². The highest BCUT2D eigenvalue weighted by Gasteiger charge is 2.41. The average Bonchev–Trinajstić information content (AvgIpc) is 3.05. The fourth-order valence-electron chi connectivity index (χ4n) is 2.51. The zero-order valence-electron chi connectivity index (χ0n) is 9.03. The minimum Gasteiger partial charge on any atom is -0.297 e. The Morgan fingerprint density at radius 2 is 1.88 bits per heavy atom. The van der Waals surface area contributed by atoms with Gasteiger partial charge in [-0.2, -0.15) is 0 Å². The van der Waals surface area contributed by atoms with Crippen molar-refractivity contribution in [3.63, 3.8) is 0 Å². The molecule has 3 rings (SSSR count). The van der Waals surface area contributed by atoms with Gasteiger partial charge in [-0.1, -0.05) is 28.1 Å². The van der Waals surface area contributed by atoms with E-state index in [1.54, 1.807) is 0 Å². The van der Waals surface area contributed by atoms with Crippen LogP contribution in [0.2, 0.25) is 0 Å². The summed E-state index contributed by atoms with van der Waals surface area (Å²) in [6.07, 6.45) is 3.25. The predicted molar refractivity (Wildman–Crippen MR) is 66.2 cm³/mol. The van der Waals surface area contributed by atoms with Gasteiger partial charge in [-0.15, -0.1) is 0 Å². The number of carbonyl (C=O) groups is 1. The van der Waals surface area contributed by atoms with Crippen LogP contribution in [0.15, 0.2) is 28.7 Å². The first-order chi connectivity index (χ1) is 7.75. The minimum atomic E-state index is 0.0283. The molecule has 0 aromatic heterocycles. The van der Waals surface area contributed by atoms with E-state index in [4.69, 9.17) is 0 Å². The van der Waals surface area contributed by atoms with Crippen LogP contribution in [0.4, 0.5) is 0 Å². The van der Waals surface area contributed by atoms with Gasteiger partial charge in [0.25, 0.3) is 0 Å². The number of Topliss-reactive ketones (excluding diaryl/α,β-unsaturated/α-hetero) is 1. The van der Waals surface area contributed by atoms with Gasteiger partial charge in [0.05, 0.1) is 6.04 Å². The Labute approximate surface area is 104 Å². The molecule has 0 bridgehead atoms. The maximum atomic E-state index is 11.9. The second-order valence-corrected chi connectivity index (χ2v) is 5.56. The van der Waals surface area contributed by atoms with Gasteiger partial charge in [-0.05, 0) is 30.5 Å². The van der Waals surface area contributed by atoms with Crippen molar-refractivity contribution in [3.05, 3.63) is 34.3 Å². The van der Waals surface area contributed by atoms with Crippen LogP contribution in [-0.4, -0.2) is 23.3 Å². The lowest BCUT2D eigenvalue weighted by Crippen LogP contribution is -2.27. The number of benzene rings is 1. The summed E-state index contributed by atoms with van der Waals surface area (Å²) in [5, 5.41) is 0. The van der Waals surface area contributed by atoms with Gasteiger partial charge < -0.3 is 0 Å². The molecule has 2 fully saturated rings. The van der Waals surface area contributed by atoms with Crippen molar-refractivity contribution in [2.24, 2.45) is 0 Å². The molecule has 2 nitrogen and oxygen atoms in total. The van der Waals surface area contributed by atoms with Gasteiger partial charge in [0.15, 0.2) is 5.78 Å². The van der Waals surface area contributed by atoms with Gasteiger partial charge in [0.2, 0.25) is 0 Å². The monoisotopic (exact) mass is 279 g/mol. The highest BCUT2D eigenvalue weighted by molar-refractivity contribution is 9.10. The lowest BCUT2D eigenvalue weighted by Gasteiger charge is -2.23. The molecule has 0 amide bonds. The van der Waals surface area contributed by atoms with Gasteiger partial charge >= 0.3 is 0 Å². The van der Waals surface area contributed by atoms with Crippen molar-refractivity contribution in [2.45, 2.75) is 31.3 Å². The Bertz CT molecular complexity index is 410. The zero-order valence-corrected chi connectivity index (χ0v) is 10.6. The lowest BCUT2D eigenvalue weighted by atomic mass is 10.0. The molecule has 1 saturated carbocycles. The average molecular weight is 280 g/mol. The molecule has 1 atom stereocenters.